The second kappa shape index (κ2) is 8.19. The van der Waals surface area contributed by atoms with Crippen molar-refractivity contribution in [3.63, 3.8) is 0 Å². The van der Waals surface area contributed by atoms with Crippen LogP contribution in [0, 0.1) is 0 Å². The lowest BCUT2D eigenvalue weighted by atomic mass is 10.1. The molecule has 0 aromatic heterocycles. The molecule has 2 aromatic carbocycles. The van der Waals surface area contributed by atoms with Crippen LogP contribution in [0.25, 0.3) is 0 Å². The molecule has 6 nitrogen and oxygen atoms in total. The number of rotatable bonds is 4. The van der Waals surface area contributed by atoms with Crippen molar-refractivity contribution in [1.82, 2.24) is 0 Å². The van der Waals surface area contributed by atoms with E-state index >= 15 is 0 Å². The van der Waals surface area contributed by atoms with E-state index in [1.54, 1.807) is 17.0 Å². The lowest BCUT2D eigenvalue weighted by Crippen LogP contribution is -2.37. The predicted molar refractivity (Wildman–Crippen MR) is 112 cm³/mol. The Balaban J connectivity index is 1.61. The molecule has 2 aromatic rings. The number of thioether (sulfide) groups is 1. The number of amidine groups is 1. The van der Waals surface area contributed by atoms with Gasteiger partial charge in [-0.1, -0.05) is 42.1 Å². The first kappa shape index (κ1) is 21.7. The number of ether oxygens (including phenoxy) is 1. The second-order valence-corrected chi connectivity index (χ2v) is 10.5. The summed E-state index contributed by atoms with van der Waals surface area (Å²) in [6.07, 6.45) is -4.73. The average Bonchev–Trinajstić information content (AvgIpc) is 3.12. The summed E-state index contributed by atoms with van der Waals surface area (Å²) in [6.45, 7) is 0. The van der Waals surface area contributed by atoms with E-state index in [4.69, 9.17) is 0 Å². The van der Waals surface area contributed by atoms with Gasteiger partial charge in [0.2, 0.25) is 0 Å². The highest BCUT2D eigenvalue weighted by molar-refractivity contribution is 8.16. The number of aliphatic imine (C=N–C) groups is 1. The number of alkyl halides is 3. The summed E-state index contributed by atoms with van der Waals surface area (Å²) >= 11 is 1.20. The summed E-state index contributed by atoms with van der Waals surface area (Å²) in [4.78, 5) is 18.3. The summed E-state index contributed by atoms with van der Waals surface area (Å²) in [7, 11) is -3.25. The topological polar surface area (TPSA) is 76.0 Å². The Labute approximate surface area is 181 Å². The molecule has 0 spiro atoms. The number of hydrogen-bond donors (Lipinski definition) is 0. The van der Waals surface area contributed by atoms with Crippen LogP contribution < -0.4 is 9.64 Å². The molecule has 2 aliphatic rings. The van der Waals surface area contributed by atoms with Crippen molar-refractivity contribution in [3.8, 4) is 5.75 Å². The van der Waals surface area contributed by atoms with Crippen LogP contribution in [0.1, 0.15) is 5.56 Å². The number of halogens is 3. The predicted octanol–water partition coefficient (Wildman–Crippen LogP) is 3.43. The molecule has 2 atom stereocenters. The maximum absolute atomic E-state index is 12.5. The van der Waals surface area contributed by atoms with Gasteiger partial charge in [-0.3, -0.25) is 4.79 Å². The minimum Gasteiger partial charge on any atom is -0.406 e. The molecule has 1 amide bonds. The van der Waals surface area contributed by atoms with Gasteiger partial charge in [0.25, 0.3) is 5.91 Å². The van der Waals surface area contributed by atoms with Crippen molar-refractivity contribution in [2.75, 3.05) is 16.4 Å². The number of sulfone groups is 1. The Kier molecular flexibility index (Phi) is 5.73. The fourth-order valence-electron chi connectivity index (χ4n) is 3.59. The Bertz CT molecular complexity index is 1100. The van der Waals surface area contributed by atoms with Crippen LogP contribution in [-0.4, -0.2) is 48.7 Å². The molecular formula is C20H17F3N2O4S2. The molecule has 2 aliphatic heterocycles. The summed E-state index contributed by atoms with van der Waals surface area (Å²) < 4.78 is 65.4. The third kappa shape index (κ3) is 5.21. The lowest BCUT2D eigenvalue weighted by Gasteiger charge is -2.24. The monoisotopic (exact) mass is 470 g/mol. The van der Waals surface area contributed by atoms with Gasteiger partial charge in [-0.2, -0.15) is 4.99 Å². The summed E-state index contributed by atoms with van der Waals surface area (Å²) in [5.74, 6) is -0.937. The van der Waals surface area contributed by atoms with E-state index in [2.05, 4.69) is 9.73 Å². The maximum Gasteiger partial charge on any atom is 0.573 e. The first-order valence-electron chi connectivity index (χ1n) is 9.27. The largest absolute Gasteiger partial charge is 0.573 e. The molecule has 31 heavy (non-hydrogen) atoms. The van der Waals surface area contributed by atoms with E-state index in [1.165, 1.54) is 23.9 Å². The molecule has 0 bridgehead atoms. The number of hydrogen-bond acceptors (Lipinski definition) is 5. The maximum atomic E-state index is 12.5. The number of nitrogens with zero attached hydrogens (tertiary/aromatic N) is 2. The lowest BCUT2D eigenvalue weighted by molar-refractivity contribution is -0.274. The van der Waals surface area contributed by atoms with Crippen LogP contribution in [0.3, 0.4) is 0 Å². The standard InChI is InChI=1S/C20H17F3N2O4S2/c21-20(22,23)29-15-8-6-14(7-9-15)25-16-11-31(27,28)12-17(16)30-19(25)24-18(26)10-13-4-2-1-3-5-13/h1-9,16-17H,10-12H2. The zero-order chi connectivity index (χ0) is 22.2. The molecule has 164 valence electrons. The Morgan fingerprint density at radius 1 is 1.10 bits per heavy atom. The molecule has 0 saturated carbocycles. The smallest absolute Gasteiger partial charge is 0.406 e. The zero-order valence-electron chi connectivity index (χ0n) is 15.9. The molecule has 0 N–H and O–H groups in total. The highest BCUT2D eigenvalue weighted by Gasteiger charge is 2.49. The fraction of sp³-hybridized carbons (Fsp3) is 0.300. The number of benzene rings is 2. The van der Waals surface area contributed by atoms with Crippen LogP contribution in [0.4, 0.5) is 18.9 Å². The minimum atomic E-state index is -4.81. The van der Waals surface area contributed by atoms with E-state index < -0.39 is 33.9 Å². The van der Waals surface area contributed by atoms with Gasteiger partial charge in [-0.05, 0) is 29.8 Å². The van der Waals surface area contributed by atoms with Crippen molar-refractivity contribution in [2.24, 2.45) is 4.99 Å². The van der Waals surface area contributed by atoms with E-state index in [0.29, 0.717) is 10.9 Å². The van der Waals surface area contributed by atoms with Gasteiger partial charge in [-0.25, -0.2) is 8.42 Å². The molecule has 0 aliphatic carbocycles. The van der Waals surface area contributed by atoms with Crippen LogP contribution in [0.2, 0.25) is 0 Å². The minimum absolute atomic E-state index is 0.0417. The van der Waals surface area contributed by atoms with Gasteiger partial charge in [0.1, 0.15) is 5.75 Å². The van der Waals surface area contributed by atoms with Gasteiger partial charge >= 0.3 is 6.36 Å². The number of carbonyl (C=O) groups is 1. The Morgan fingerprint density at radius 2 is 1.77 bits per heavy atom. The molecule has 4 rings (SSSR count). The van der Waals surface area contributed by atoms with Crippen LogP contribution in [-0.2, 0) is 21.1 Å². The SMILES string of the molecule is O=C(Cc1ccccc1)N=C1SC2CS(=O)(=O)CC2N1c1ccc(OC(F)(F)F)cc1. The van der Waals surface area contributed by atoms with E-state index in [1.807, 2.05) is 18.2 Å². The Morgan fingerprint density at radius 3 is 2.42 bits per heavy atom. The average molecular weight is 470 g/mol. The highest BCUT2D eigenvalue weighted by atomic mass is 32.2. The molecule has 0 radical (unpaired) electrons. The molecular weight excluding hydrogens is 453 g/mol. The van der Waals surface area contributed by atoms with Gasteiger partial charge in [0.05, 0.1) is 24.0 Å². The van der Waals surface area contributed by atoms with Gasteiger partial charge in [0.15, 0.2) is 15.0 Å². The number of anilines is 1. The summed E-state index contributed by atoms with van der Waals surface area (Å²) in [5, 5.41) is 0.0368. The fourth-order valence-corrected chi connectivity index (χ4v) is 7.52. The van der Waals surface area contributed by atoms with Crippen molar-refractivity contribution in [2.45, 2.75) is 24.1 Å². The quantitative estimate of drug-likeness (QED) is 0.682. The normalized spacial score (nSPS) is 23.7. The number of fused-ring (bicyclic) bond motifs is 1. The second-order valence-electron chi connectivity index (χ2n) is 7.16. The van der Waals surface area contributed by atoms with Crippen molar-refractivity contribution >= 4 is 38.4 Å². The Hall–Kier alpha value is -2.53. The molecule has 2 heterocycles. The zero-order valence-corrected chi connectivity index (χ0v) is 17.6. The number of carbonyl (C=O) groups excluding carboxylic acids is 1. The van der Waals surface area contributed by atoms with E-state index in [0.717, 1.165) is 17.7 Å². The number of amides is 1. The van der Waals surface area contributed by atoms with Gasteiger partial charge in [0, 0.05) is 10.9 Å². The third-order valence-corrected chi connectivity index (χ3v) is 8.04. The molecule has 2 saturated heterocycles. The highest BCUT2D eigenvalue weighted by Crippen LogP contribution is 2.41. The van der Waals surface area contributed by atoms with Gasteiger partial charge in [-0.15, -0.1) is 13.2 Å². The summed E-state index contributed by atoms with van der Waals surface area (Å²) in [5.41, 5.74) is 1.24. The van der Waals surface area contributed by atoms with E-state index in [-0.39, 0.29) is 23.2 Å². The first-order valence-corrected chi connectivity index (χ1v) is 12.0. The van der Waals surface area contributed by atoms with Crippen LogP contribution in [0.5, 0.6) is 5.75 Å². The molecule has 2 unspecified atom stereocenters. The van der Waals surface area contributed by atoms with Crippen molar-refractivity contribution in [1.29, 1.82) is 0 Å². The van der Waals surface area contributed by atoms with Crippen LogP contribution in [0.15, 0.2) is 59.6 Å². The molecule has 2 fully saturated rings. The van der Waals surface area contributed by atoms with E-state index in [9.17, 15) is 26.4 Å². The van der Waals surface area contributed by atoms with Crippen molar-refractivity contribution in [3.05, 3.63) is 60.2 Å². The third-order valence-electron chi connectivity index (χ3n) is 4.83. The summed E-state index contributed by atoms with van der Waals surface area (Å²) in [6, 6.07) is 13.7. The van der Waals surface area contributed by atoms with Crippen LogP contribution >= 0.6 is 11.8 Å². The molecule has 11 heteroatoms. The van der Waals surface area contributed by atoms with Gasteiger partial charge < -0.3 is 9.64 Å². The first-order chi connectivity index (χ1) is 14.6. The van der Waals surface area contributed by atoms with Crippen molar-refractivity contribution < 1.29 is 31.1 Å².